The van der Waals surface area contributed by atoms with Crippen molar-refractivity contribution < 1.29 is 17.9 Å². The molecule has 7 nitrogen and oxygen atoms in total. The first-order chi connectivity index (χ1) is 17.9. The van der Waals surface area contributed by atoms with Crippen molar-refractivity contribution >= 4 is 42.4 Å². The molecule has 0 bridgehead atoms. The minimum absolute atomic E-state index is 0.0920. The van der Waals surface area contributed by atoms with Gasteiger partial charge in [0.05, 0.1) is 28.7 Å². The van der Waals surface area contributed by atoms with E-state index in [1.807, 2.05) is 66.7 Å². The van der Waals surface area contributed by atoms with Crippen LogP contribution in [0.15, 0.2) is 83.8 Å². The van der Waals surface area contributed by atoms with Crippen LogP contribution in [0.4, 0.5) is 5.13 Å². The maximum absolute atomic E-state index is 14.4. The molecule has 192 valence electrons. The van der Waals surface area contributed by atoms with E-state index in [1.165, 1.54) is 17.6 Å². The van der Waals surface area contributed by atoms with Gasteiger partial charge in [-0.2, -0.15) is 0 Å². The number of fused-ring (bicyclic) bond motifs is 1. The second kappa shape index (κ2) is 11.1. The molecule has 1 saturated heterocycles. The van der Waals surface area contributed by atoms with Crippen molar-refractivity contribution in [2.45, 2.75) is 10.8 Å². The summed E-state index contributed by atoms with van der Waals surface area (Å²) in [5.74, 6) is -0.612. The molecule has 0 atom stereocenters. The fourth-order valence-corrected chi connectivity index (χ4v) is 6.54. The SMILES string of the molecule is CS(=O)(=O)c1cccc2sc(N(CCN3CCOCC3)C(=O)C(c3ccccc3)c3ccccc3)nc12. The molecule has 1 fully saturated rings. The lowest BCUT2D eigenvalue weighted by molar-refractivity contribution is -0.119. The van der Waals surface area contributed by atoms with E-state index < -0.39 is 15.8 Å². The summed E-state index contributed by atoms with van der Waals surface area (Å²) in [6, 6.07) is 24.6. The number of aromatic nitrogens is 1. The number of rotatable bonds is 8. The van der Waals surface area contributed by atoms with E-state index in [9.17, 15) is 13.2 Å². The van der Waals surface area contributed by atoms with Gasteiger partial charge in [-0.1, -0.05) is 78.1 Å². The first kappa shape index (κ1) is 25.5. The Morgan fingerprint density at radius 2 is 1.59 bits per heavy atom. The summed E-state index contributed by atoms with van der Waals surface area (Å²) >= 11 is 1.34. The van der Waals surface area contributed by atoms with Crippen LogP contribution in [0.3, 0.4) is 0 Å². The van der Waals surface area contributed by atoms with Crippen molar-refractivity contribution in [1.29, 1.82) is 0 Å². The zero-order valence-corrected chi connectivity index (χ0v) is 22.2. The number of para-hydroxylation sites is 1. The lowest BCUT2D eigenvalue weighted by Crippen LogP contribution is -2.44. The van der Waals surface area contributed by atoms with Crippen LogP contribution in [0.5, 0.6) is 0 Å². The van der Waals surface area contributed by atoms with Gasteiger partial charge < -0.3 is 4.74 Å². The van der Waals surface area contributed by atoms with Crippen LogP contribution in [0.1, 0.15) is 17.0 Å². The van der Waals surface area contributed by atoms with Gasteiger partial charge >= 0.3 is 0 Å². The minimum Gasteiger partial charge on any atom is -0.379 e. The van der Waals surface area contributed by atoms with E-state index in [1.54, 1.807) is 17.0 Å². The third-order valence-electron chi connectivity index (χ3n) is 6.52. The van der Waals surface area contributed by atoms with Crippen molar-refractivity contribution in [3.8, 4) is 0 Å². The van der Waals surface area contributed by atoms with Gasteiger partial charge in [0.2, 0.25) is 5.91 Å². The highest BCUT2D eigenvalue weighted by Gasteiger charge is 2.31. The Hall–Kier alpha value is -3.11. The highest BCUT2D eigenvalue weighted by atomic mass is 32.2. The molecule has 3 aromatic carbocycles. The second-order valence-electron chi connectivity index (χ2n) is 9.07. The van der Waals surface area contributed by atoms with E-state index in [4.69, 9.17) is 9.72 Å². The number of nitrogens with zero attached hydrogens (tertiary/aromatic N) is 3. The van der Waals surface area contributed by atoms with Gasteiger partial charge in [-0.15, -0.1) is 0 Å². The zero-order chi connectivity index (χ0) is 25.8. The predicted molar refractivity (Wildman–Crippen MR) is 147 cm³/mol. The summed E-state index contributed by atoms with van der Waals surface area (Å²) in [5, 5.41) is 0.501. The van der Waals surface area contributed by atoms with Crippen LogP contribution in [-0.2, 0) is 19.4 Å². The molecular formula is C28H29N3O4S2. The average Bonchev–Trinajstić information content (AvgIpc) is 3.34. The number of carbonyl (C=O) groups excluding carboxylic acids is 1. The van der Waals surface area contributed by atoms with E-state index in [0.29, 0.717) is 37.0 Å². The highest BCUT2D eigenvalue weighted by Crippen LogP contribution is 2.35. The number of morpholine rings is 1. The van der Waals surface area contributed by atoms with Gasteiger partial charge in [0, 0.05) is 32.4 Å². The number of hydrogen-bond acceptors (Lipinski definition) is 7. The summed E-state index contributed by atoms with van der Waals surface area (Å²) in [5.41, 5.74) is 2.20. The molecule has 0 saturated carbocycles. The maximum atomic E-state index is 14.4. The van der Waals surface area contributed by atoms with Crippen LogP contribution in [0, 0.1) is 0 Å². The first-order valence-electron chi connectivity index (χ1n) is 12.2. The summed E-state index contributed by atoms with van der Waals surface area (Å²) in [4.78, 5) is 23.3. The molecule has 37 heavy (non-hydrogen) atoms. The predicted octanol–water partition coefficient (Wildman–Crippen LogP) is 4.20. The molecule has 1 aliphatic heterocycles. The monoisotopic (exact) mass is 535 g/mol. The molecule has 4 aromatic rings. The van der Waals surface area contributed by atoms with Gasteiger partial charge in [-0.3, -0.25) is 14.6 Å². The molecule has 0 unspecified atom stereocenters. The van der Waals surface area contributed by atoms with Crippen molar-refractivity contribution in [3.05, 3.63) is 90.0 Å². The summed E-state index contributed by atoms with van der Waals surface area (Å²) in [6.07, 6.45) is 1.18. The van der Waals surface area contributed by atoms with E-state index in [-0.39, 0.29) is 10.8 Å². The maximum Gasteiger partial charge on any atom is 0.240 e. The summed E-state index contributed by atoms with van der Waals surface area (Å²) < 4.78 is 31.1. The topological polar surface area (TPSA) is 79.8 Å². The average molecular weight is 536 g/mol. The Kier molecular flexibility index (Phi) is 7.66. The summed E-state index contributed by atoms with van der Waals surface area (Å²) in [6.45, 7) is 4.05. The minimum atomic E-state index is -3.48. The van der Waals surface area contributed by atoms with E-state index in [0.717, 1.165) is 28.9 Å². The Labute approximate surface area is 221 Å². The number of benzene rings is 3. The molecule has 1 aromatic heterocycles. The molecule has 0 radical (unpaired) electrons. The number of thiazole rings is 1. The van der Waals surface area contributed by atoms with E-state index in [2.05, 4.69) is 4.90 Å². The van der Waals surface area contributed by atoms with Crippen LogP contribution in [0.25, 0.3) is 10.2 Å². The van der Waals surface area contributed by atoms with Crippen molar-refractivity contribution in [3.63, 3.8) is 0 Å². The van der Waals surface area contributed by atoms with Crippen molar-refractivity contribution in [1.82, 2.24) is 9.88 Å². The summed E-state index contributed by atoms with van der Waals surface area (Å²) in [7, 11) is -3.48. The molecule has 9 heteroatoms. The Morgan fingerprint density at radius 1 is 0.973 bits per heavy atom. The van der Waals surface area contributed by atoms with Gasteiger partial charge in [0.1, 0.15) is 5.52 Å². The van der Waals surface area contributed by atoms with Crippen LogP contribution in [0.2, 0.25) is 0 Å². The van der Waals surface area contributed by atoms with E-state index >= 15 is 0 Å². The van der Waals surface area contributed by atoms with Gasteiger partial charge in [0.15, 0.2) is 15.0 Å². The number of ether oxygens (including phenoxy) is 1. The zero-order valence-electron chi connectivity index (χ0n) is 20.6. The number of anilines is 1. The van der Waals surface area contributed by atoms with Crippen LogP contribution in [-0.4, -0.2) is 69.9 Å². The quantitative estimate of drug-likeness (QED) is 0.337. The molecular weight excluding hydrogens is 506 g/mol. The largest absolute Gasteiger partial charge is 0.379 e. The number of sulfone groups is 1. The lowest BCUT2D eigenvalue weighted by Gasteiger charge is -2.31. The molecule has 0 N–H and O–H groups in total. The molecule has 1 aliphatic rings. The molecule has 1 amide bonds. The van der Waals surface area contributed by atoms with Gasteiger partial charge in [-0.25, -0.2) is 13.4 Å². The fourth-order valence-electron chi connectivity index (χ4n) is 4.62. The number of amides is 1. The van der Waals surface area contributed by atoms with Crippen LogP contribution >= 0.6 is 11.3 Å². The second-order valence-corrected chi connectivity index (χ2v) is 12.1. The van der Waals surface area contributed by atoms with Gasteiger partial charge in [0.25, 0.3) is 0 Å². The Morgan fingerprint density at radius 3 is 2.19 bits per heavy atom. The molecule has 2 heterocycles. The normalized spacial score (nSPS) is 14.8. The lowest BCUT2D eigenvalue weighted by atomic mass is 9.90. The van der Waals surface area contributed by atoms with Crippen molar-refractivity contribution in [2.24, 2.45) is 0 Å². The standard InChI is InChI=1S/C28H29N3O4S2/c1-37(33,34)24-14-8-13-23-26(24)29-28(36-23)31(16-15-30-17-19-35-20-18-30)27(32)25(21-9-4-2-5-10-21)22-11-6-3-7-12-22/h2-14,25H,15-20H2,1H3. The third-order valence-corrected chi connectivity index (χ3v) is 8.70. The third kappa shape index (κ3) is 5.75. The highest BCUT2D eigenvalue weighted by molar-refractivity contribution is 7.91. The smallest absolute Gasteiger partial charge is 0.240 e. The van der Waals surface area contributed by atoms with Crippen molar-refractivity contribution in [2.75, 3.05) is 50.5 Å². The van der Waals surface area contributed by atoms with Gasteiger partial charge in [-0.05, 0) is 23.3 Å². The van der Waals surface area contributed by atoms with Crippen LogP contribution < -0.4 is 4.90 Å². The first-order valence-corrected chi connectivity index (χ1v) is 14.9. The Bertz CT molecular complexity index is 1430. The fraction of sp³-hybridized carbons (Fsp3) is 0.286. The molecule has 0 aliphatic carbocycles. The molecule has 0 spiro atoms. The number of carbonyl (C=O) groups is 1. The number of hydrogen-bond donors (Lipinski definition) is 0. The molecule has 5 rings (SSSR count). The Balaban J connectivity index is 1.58.